The number of aromatic nitrogens is 1. The molecule has 8 heteroatoms. The van der Waals surface area contributed by atoms with Crippen LogP contribution in [0.1, 0.15) is 28.7 Å². The fourth-order valence-electron chi connectivity index (χ4n) is 2.82. The highest BCUT2D eigenvalue weighted by molar-refractivity contribution is 7.24. The van der Waals surface area contributed by atoms with Gasteiger partial charge < -0.3 is 10.0 Å². The zero-order valence-corrected chi connectivity index (χ0v) is 15.0. The predicted molar refractivity (Wildman–Crippen MR) is 91.4 cm³/mol. The molecule has 122 valence electrons. The first-order valence-electron chi connectivity index (χ1n) is 7.15. The molecular weight excluding hydrogens is 356 g/mol. The van der Waals surface area contributed by atoms with Crippen LogP contribution in [0, 0.1) is 12.8 Å². The molecule has 2 unspecified atom stereocenters. The molecule has 3 heterocycles. The van der Waals surface area contributed by atoms with E-state index in [4.69, 9.17) is 11.6 Å². The largest absolute Gasteiger partial charge is 0.481 e. The molecule has 2 aromatic heterocycles. The second-order valence-electron chi connectivity index (χ2n) is 5.51. The molecule has 0 radical (unpaired) electrons. The van der Waals surface area contributed by atoms with Gasteiger partial charge in [0.25, 0.3) is 5.91 Å². The normalized spacial score (nSPS) is 20.9. The van der Waals surface area contributed by atoms with Crippen molar-refractivity contribution in [2.24, 2.45) is 5.92 Å². The van der Waals surface area contributed by atoms with Gasteiger partial charge in [0, 0.05) is 12.6 Å². The van der Waals surface area contributed by atoms with Crippen molar-refractivity contribution in [2.75, 3.05) is 6.54 Å². The number of carboxylic acid groups (broad SMARTS) is 1. The molecule has 1 fully saturated rings. The van der Waals surface area contributed by atoms with Crippen molar-refractivity contribution in [3.05, 3.63) is 27.0 Å². The Morgan fingerprint density at radius 1 is 1.39 bits per heavy atom. The van der Waals surface area contributed by atoms with Crippen LogP contribution in [-0.2, 0) is 4.79 Å². The zero-order chi connectivity index (χ0) is 16.7. The predicted octanol–water partition coefficient (Wildman–Crippen LogP) is 3.77. The summed E-state index contributed by atoms with van der Waals surface area (Å²) in [5.74, 6) is -1.48. The molecule has 5 nitrogen and oxygen atoms in total. The van der Waals surface area contributed by atoms with Crippen LogP contribution in [0.3, 0.4) is 0 Å². The summed E-state index contributed by atoms with van der Waals surface area (Å²) < 4.78 is 0.679. The number of amides is 1. The summed E-state index contributed by atoms with van der Waals surface area (Å²) in [5, 5.41) is 9.97. The van der Waals surface area contributed by atoms with Gasteiger partial charge in [0.05, 0.1) is 20.8 Å². The Morgan fingerprint density at radius 3 is 2.70 bits per heavy atom. The lowest BCUT2D eigenvalue weighted by atomic mass is 10.0. The van der Waals surface area contributed by atoms with Crippen LogP contribution in [0.15, 0.2) is 12.1 Å². The van der Waals surface area contributed by atoms with Gasteiger partial charge in [-0.3, -0.25) is 9.59 Å². The van der Waals surface area contributed by atoms with E-state index in [0.29, 0.717) is 27.9 Å². The molecular formula is C15H15ClN2O3S2. The van der Waals surface area contributed by atoms with Gasteiger partial charge in [0.15, 0.2) is 0 Å². The van der Waals surface area contributed by atoms with Gasteiger partial charge in [-0.1, -0.05) is 11.6 Å². The van der Waals surface area contributed by atoms with E-state index in [-0.39, 0.29) is 11.9 Å². The lowest BCUT2D eigenvalue weighted by Gasteiger charge is -2.22. The highest BCUT2D eigenvalue weighted by Crippen LogP contribution is 2.36. The molecule has 2 atom stereocenters. The van der Waals surface area contributed by atoms with E-state index in [1.807, 2.05) is 6.07 Å². The van der Waals surface area contributed by atoms with Crippen LogP contribution in [0.2, 0.25) is 4.34 Å². The number of carbonyl (C=O) groups is 2. The third-order valence-corrected chi connectivity index (χ3v) is 6.65. The van der Waals surface area contributed by atoms with E-state index in [9.17, 15) is 14.7 Å². The number of hydrogen-bond donors (Lipinski definition) is 1. The maximum Gasteiger partial charge on any atom is 0.308 e. The lowest BCUT2D eigenvalue weighted by Crippen LogP contribution is -2.37. The van der Waals surface area contributed by atoms with Crippen molar-refractivity contribution in [3.63, 3.8) is 0 Å². The minimum absolute atomic E-state index is 0.134. The first-order chi connectivity index (χ1) is 10.9. The summed E-state index contributed by atoms with van der Waals surface area (Å²) in [6.45, 7) is 4.06. The number of aryl methyl sites for hydroxylation is 1. The van der Waals surface area contributed by atoms with E-state index < -0.39 is 11.9 Å². The van der Waals surface area contributed by atoms with Crippen molar-refractivity contribution in [1.29, 1.82) is 0 Å². The van der Waals surface area contributed by atoms with Crippen molar-refractivity contribution in [1.82, 2.24) is 9.88 Å². The molecule has 1 aliphatic heterocycles. The maximum atomic E-state index is 12.8. The first kappa shape index (κ1) is 16.4. The smallest absolute Gasteiger partial charge is 0.308 e. The number of nitrogens with zero attached hydrogens (tertiary/aromatic N) is 2. The molecule has 2 aromatic rings. The lowest BCUT2D eigenvalue weighted by molar-refractivity contribution is -0.142. The summed E-state index contributed by atoms with van der Waals surface area (Å²) in [7, 11) is 0. The van der Waals surface area contributed by atoms with E-state index in [0.717, 1.165) is 9.88 Å². The zero-order valence-electron chi connectivity index (χ0n) is 12.6. The molecule has 1 N–H and O–H groups in total. The van der Waals surface area contributed by atoms with Crippen molar-refractivity contribution < 1.29 is 14.7 Å². The number of likely N-dealkylation sites (tertiary alicyclic amines) is 1. The number of thiophene rings is 1. The molecule has 0 bridgehead atoms. The SMILES string of the molecule is Cc1nc(-c2ccc(Cl)s2)sc1C(=O)N1CCC(C(=O)O)C1C. The number of rotatable bonds is 3. The van der Waals surface area contributed by atoms with Gasteiger partial charge in [-0.15, -0.1) is 22.7 Å². The molecule has 3 rings (SSSR count). The average Bonchev–Trinajstić information content (AvgIpc) is 3.17. The summed E-state index contributed by atoms with van der Waals surface area (Å²) >= 11 is 8.71. The number of aliphatic carboxylic acids is 1. The fraction of sp³-hybridized carbons (Fsp3) is 0.400. The van der Waals surface area contributed by atoms with Gasteiger partial charge in [0.1, 0.15) is 9.88 Å². The minimum atomic E-state index is -0.845. The van der Waals surface area contributed by atoms with Crippen LogP contribution in [0.5, 0.6) is 0 Å². The van der Waals surface area contributed by atoms with E-state index in [2.05, 4.69) is 4.98 Å². The quantitative estimate of drug-likeness (QED) is 0.892. The van der Waals surface area contributed by atoms with Gasteiger partial charge >= 0.3 is 5.97 Å². The summed E-state index contributed by atoms with van der Waals surface area (Å²) in [5.41, 5.74) is 0.672. The molecule has 0 aliphatic carbocycles. The number of carbonyl (C=O) groups excluding carboxylic acids is 1. The standard InChI is InChI=1S/C15H15ClN2O3S2/c1-7-12(23-13(17-7)10-3-4-11(16)22-10)14(19)18-6-5-9(8(18)2)15(20)21/h3-4,8-9H,5-6H2,1-2H3,(H,20,21). The molecule has 1 amide bonds. The maximum absolute atomic E-state index is 12.8. The topological polar surface area (TPSA) is 70.5 Å². The Hall–Kier alpha value is -1.44. The Bertz CT molecular complexity index is 771. The molecule has 23 heavy (non-hydrogen) atoms. The van der Waals surface area contributed by atoms with Crippen molar-refractivity contribution >= 4 is 46.2 Å². The third-order valence-electron chi connectivity index (χ3n) is 4.11. The van der Waals surface area contributed by atoms with Crippen molar-refractivity contribution in [2.45, 2.75) is 26.3 Å². The van der Waals surface area contributed by atoms with Gasteiger partial charge in [-0.2, -0.15) is 0 Å². The number of hydrogen-bond acceptors (Lipinski definition) is 5. The highest BCUT2D eigenvalue weighted by Gasteiger charge is 2.39. The second kappa shape index (κ2) is 6.22. The van der Waals surface area contributed by atoms with Gasteiger partial charge in [-0.05, 0) is 32.4 Å². The van der Waals surface area contributed by atoms with Crippen LogP contribution in [-0.4, -0.2) is 39.5 Å². The van der Waals surface area contributed by atoms with Gasteiger partial charge in [0.2, 0.25) is 0 Å². The number of carboxylic acids is 1. The number of halogens is 1. The third kappa shape index (κ3) is 3.00. The van der Waals surface area contributed by atoms with E-state index >= 15 is 0 Å². The van der Waals surface area contributed by atoms with E-state index in [1.165, 1.54) is 22.7 Å². The first-order valence-corrected chi connectivity index (χ1v) is 9.16. The average molecular weight is 371 g/mol. The number of thiazole rings is 1. The van der Waals surface area contributed by atoms with Crippen LogP contribution in [0.4, 0.5) is 0 Å². The van der Waals surface area contributed by atoms with Gasteiger partial charge in [-0.25, -0.2) is 4.98 Å². The monoisotopic (exact) mass is 370 g/mol. The Kier molecular flexibility index (Phi) is 4.44. The van der Waals surface area contributed by atoms with Crippen LogP contribution < -0.4 is 0 Å². The summed E-state index contributed by atoms with van der Waals surface area (Å²) in [4.78, 5) is 31.6. The van der Waals surface area contributed by atoms with Crippen LogP contribution in [0.25, 0.3) is 9.88 Å². The van der Waals surface area contributed by atoms with E-state index in [1.54, 1.807) is 24.8 Å². The molecule has 0 aromatic carbocycles. The summed E-state index contributed by atoms with van der Waals surface area (Å²) in [6, 6.07) is 3.39. The Balaban J connectivity index is 1.86. The Morgan fingerprint density at radius 2 is 2.13 bits per heavy atom. The summed E-state index contributed by atoms with van der Waals surface area (Å²) in [6.07, 6.45) is 0.494. The molecule has 0 saturated carbocycles. The fourth-order valence-corrected chi connectivity index (χ4v) is 4.94. The minimum Gasteiger partial charge on any atom is -0.481 e. The Labute approximate surface area is 146 Å². The second-order valence-corrected chi connectivity index (χ2v) is 8.22. The molecule has 0 spiro atoms. The van der Waals surface area contributed by atoms with Crippen LogP contribution >= 0.6 is 34.3 Å². The molecule has 1 aliphatic rings. The van der Waals surface area contributed by atoms with Crippen molar-refractivity contribution in [3.8, 4) is 9.88 Å². The molecule has 1 saturated heterocycles. The highest BCUT2D eigenvalue weighted by atomic mass is 35.5.